The van der Waals surface area contributed by atoms with Crippen LogP contribution in [0.3, 0.4) is 0 Å². The van der Waals surface area contributed by atoms with Gasteiger partial charge in [-0.25, -0.2) is 0 Å². The van der Waals surface area contributed by atoms with Crippen molar-refractivity contribution < 1.29 is 9.84 Å². The minimum absolute atomic E-state index is 0.383. The number of rotatable bonds is 4. The summed E-state index contributed by atoms with van der Waals surface area (Å²) in [4.78, 5) is 2.36. The molecule has 0 aromatic carbocycles. The van der Waals surface area contributed by atoms with E-state index in [1.807, 2.05) is 0 Å². The van der Waals surface area contributed by atoms with Crippen molar-refractivity contribution >= 4 is 7.85 Å². The fourth-order valence-corrected chi connectivity index (χ4v) is 2.72. The fourth-order valence-electron chi connectivity index (χ4n) is 2.72. The average Bonchev–Trinajstić information content (AvgIpc) is 2.44. The van der Waals surface area contributed by atoms with E-state index >= 15 is 0 Å². The van der Waals surface area contributed by atoms with Gasteiger partial charge in [-0.3, -0.25) is 4.90 Å². The van der Waals surface area contributed by atoms with E-state index in [0.717, 1.165) is 11.9 Å². The van der Waals surface area contributed by atoms with Gasteiger partial charge >= 0.3 is 0 Å². The topological polar surface area (TPSA) is 32.7 Å². The zero-order valence-electron chi connectivity index (χ0n) is 9.22. The van der Waals surface area contributed by atoms with Crippen LogP contribution in [0, 0.1) is 0 Å². The van der Waals surface area contributed by atoms with E-state index in [4.69, 9.17) is 12.6 Å². The van der Waals surface area contributed by atoms with Gasteiger partial charge in [0, 0.05) is 25.7 Å². The van der Waals surface area contributed by atoms with Gasteiger partial charge in [-0.1, -0.05) is 6.08 Å². The summed E-state index contributed by atoms with van der Waals surface area (Å²) in [7, 11) is 7.47. The van der Waals surface area contributed by atoms with E-state index in [1.54, 1.807) is 7.11 Å². The average molecular weight is 207 g/mol. The molecule has 0 aliphatic carbocycles. The Morgan fingerprint density at radius 1 is 1.67 bits per heavy atom. The highest BCUT2D eigenvalue weighted by atomic mass is 16.5. The summed E-state index contributed by atoms with van der Waals surface area (Å²) in [5.74, 6) is 0. The molecule has 3 nitrogen and oxygen atoms in total. The molecule has 2 radical (unpaired) electrons. The highest BCUT2D eigenvalue weighted by Crippen LogP contribution is 2.33. The Balaban J connectivity index is 1.94. The highest BCUT2D eigenvalue weighted by molar-refractivity contribution is 6.21. The van der Waals surface area contributed by atoms with Gasteiger partial charge in [0.15, 0.2) is 0 Å². The molecule has 2 bridgehead atoms. The van der Waals surface area contributed by atoms with E-state index in [-0.39, 0.29) is 6.10 Å². The van der Waals surface area contributed by atoms with Crippen molar-refractivity contribution in [3.8, 4) is 0 Å². The van der Waals surface area contributed by atoms with E-state index in [1.165, 1.54) is 12.8 Å². The second kappa shape index (κ2) is 4.68. The number of hydrogen-bond acceptors (Lipinski definition) is 3. The molecule has 0 saturated carbocycles. The summed E-state index contributed by atoms with van der Waals surface area (Å²) in [6.07, 6.45) is 5.08. The van der Waals surface area contributed by atoms with Gasteiger partial charge in [0.25, 0.3) is 0 Å². The molecule has 2 aliphatic heterocycles. The molecule has 2 heterocycles. The smallest absolute Gasteiger partial charge is 0.107 e. The predicted molar refractivity (Wildman–Crippen MR) is 59.9 cm³/mol. The molecule has 1 N–H and O–H groups in total. The number of ether oxygens (including phenoxy) is 1. The molecule has 82 valence electrons. The SMILES string of the molecule is [B]C1=CC2CCC(C1)N2CC(O)COC. The Labute approximate surface area is 92.5 Å². The van der Waals surface area contributed by atoms with Crippen LogP contribution in [0.2, 0.25) is 0 Å². The number of aliphatic hydroxyl groups is 1. The van der Waals surface area contributed by atoms with Gasteiger partial charge in [-0.15, -0.1) is 5.47 Å². The second-order valence-corrected chi connectivity index (χ2v) is 4.55. The summed E-state index contributed by atoms with van der Waals surface area (Å²) in [6.45, 7) is 1.11. The summed E-state index contributed by atoms with van der Waals surface area (Å²) >= 11 is 0. The Hall–Kier alpha value is -0.315. The molecule has 3 atom stereocenters. The van der Waals surface area contributed by atoms with Crippen LogP contribution in [-0.4, -0.2) is 56.3 Å². The third-order valence-corrected chi connectivity index (χ3v) is 3.35. The van der Waals surface area contributed by atoms with Crippen molar-refractivity contribution in [2.24, 2.45) is 0 Å². The predicted octanol–water partition coefficient (Wildman–Crippen LogP) is 0.283. The zero-order valence-corrected chi connectivity index (χ0v) is 9.22. The van der Waals surface area contributed by atoms with Gasteiger partial charge in [0.1, 0.15) is 7.85 Å². The van der Waals surface area contributed by atoms with Crippen LogP contribution in [0.25, 0.3) is 0 Å². The minimum Gasteiger partial charge on any atom is -0.389 e. The third kappa shape index (κ3) is 2.44. The van der Waals surface area contributed by atoms with Gasteiger partial charge < -0.3 is 9.84 Å². The number of hydrogen-bond donors (Lipinski definition) is 1. The third-order valence-electron chi connectivity index (χ3n) is 3.35. The van der Waals surface area contributed by atoms with Gasteiger partial charge in [-0.05, 0) is 19.3 Å². The van der Waals surface area contributed by atoms with Crippen molar-refractivity contribution in [3.63, 3.8) is 0 Å². The maximum atomic E-state index is 9.71. The number of fused-ring (bicyclic) bond motifs is 2. The monoisotopic (exact) mass is 207 g/mol. The van der Waals surface area contributed by atoms with Crippen LogP contribution in [0.1, 0.15) is 19.3 Å². The quantitative estimate of drug-likeness (QED) is 0.672. The molecule has 0 amide bonds. The molecular weight excluding hydrogens is 189 g/mol. The Bertz CT molecular complexity index is 257. The Morgan fingerprint density at radius 2 is 2.47 bits per heavy atom. The van der Waals surface area contributed by atoms with Crippen molar-refractivity contribution in [1.82, 2.24) is 4.90 Å². The minimum atomic E-state index is -0.383. The van der Waals surface area contributed by atoms with Gasteiger partial charge in [0.2, 0.25) is 0 Å². The standard InChI is InChI=1S/C11H18BNO2/c1-15-7-11(14)6-13-9-2-3-10(13)5-8(12)4-9/h4,9-11,14H,2-3,5-7H2,1H3. The molecule has 1 saturated heterocycles. The fraction of sp³-hybridized carbons (Fsp3) is 0.818. The molecule has 1 fully saturated rings. The van der Waals surface area contributed by atoms with Crippen LogP contribution in [0.4, 0.5) is 0 Å². The normalized spacial score (nSPS) is 32.8. The van der Waals surface area contributed by atoms with Gasteiger partial charge in [-0.2, -0.15) is 0 Å². The van der Waals surface area contributed by atoms with Gasteiger partial charge in [0.05, 0.1) is 12.7 Å². The first kappa shape index (κ1) is 11.2. The molecular formula is C11H18BNO2. The molecule has 2 rings (SSSR count). The van der Waals surface area contributed by atoms with Crippen LogP contribution >= 0.6 is 0 Å². The molecule has 4 heteroatoms. The summed E-state index contributed by atoms with van der Waals surface area (Å²) in [5, 5.41) is 9.71. The van der Waals surface area contributed by atoms with Crippen molar-refractivity contribution in [1.29, 1.82) is 0 Å². The molecule has 0 aromatic rings. The maximum absolute atomic E-state index is 9.71. The number of aliphatic hydroxyl groups excluding tert-OH is 1. The van der Waals surface area contributed by atoms with Crippen LogP contribution in [-0.2, 0) is 4.74 Å². The molecule has 0 spiro atoms. The number of nitrogens with zero attached hydrogens (tertiary/aromatic N) is 1. The summed E-state index contributed by atoms with van der Waals surface area (Å²) < 4.78 is 4.94. The van der Waals surface area contributed by atoms with E-state index in [9.17, 15) is 5.11 Å². The lowest BCUT2D eigenvalue weighted by molar-refractivity contribution is 0.0275. The van der Waals surface area contributed by atoms with Crippen LogP contribution < -0.4 is 0 Å². The molecule has 2 aliphatic rings. The summed E-state index contributed by atoms with van der Waals surface area (Å²) in [6, 6.07) is 0.974. The number of methoxy groups -OCH3 is 1. The second-order valence-electron chi connectivity index (χ2n) is 4.55. The van der Waals surface area contributed by atoms with E-state index in [2.05, 4.69) is 11.0 Å². The molecule has 0 aromatic heterocycles. The highest BCUT2D eigenvalue weighted by Gasteiger charge is 2.35. The summed E-state index contributed by atoms with van der Waals surface area (Å²) in [5.41, 5.74) is 1.01. The molecule has 15 heavy (non-hydrogen) atoms. The first-order chi connectivity index (χ1) is 7.20. The zero-order chi connectivity index (χ0) is 10.8. The van der Waals surface area contributed by atoms with Crippen molar-refractivity contribution in [3.05, 3.63) is 11.5 Å². The lowest BCUT2D eigenvalue weighted by atomic mass is 9.86. The van der Waals surface area contributed by atoms with Crippen LogP contribution in [0.5, 0.6) is 0 Å². The lowest BCUT2D eigenvalue weighted by Gasteiger charge is -2.34. The van der Waals surface area contributed by atoms with Crippen LogP contribution in [0.15, 0.2) is 11.5 Å². The van der Waals surface area contributed by atoms with Crippen molar-refractivity contribution in [2.75, 3.05) is 20.3 Å². The molecule has 3 unspecified atom stereocenters. The first-order valence-electron chi connectivity index (χ1n) is 5.59. The Morgan fingerprint density at radius 3 is 3.13 bits per heavy atom. The van der Waals surface area contributed by atoms with E-state index in [0.29, 0.717) is 25.2 Å². The van der Waals surface area contributed by atoms with Crippen molar-refractivity contribution in [2.45, 2.75) is 37.5 Å². The van der Waals surface area contributed by atoms with E-state index < -0.39 is 0 Å². The lowest BCUT2D eigenvalue weighted by Crippen LogP contribution is -2.44. The Kier molecular flexibility index (Phi) is 3.49. The largest absolute Gasteiger partial charge is 0.389 e. The first-order valence-corrected chi connectivity index (χ1v) is 5.59. The maximum Gasteiger partial charge on any atom is 0.107 e.